The number of nitrogens with zero attached hydrogens (tertiary/aromatic N) is 1. The number of thiocarbonyl (C=S) groups is 1. The minimum absolute atomic E-state index is 0.514. The van der Waals surface area contributed by atoms with Crippen LogP contribution in [0.2, 0.25) is 5.02 Å². The van der Waals surface area contributed by atoms with Crippen molar-refractivity contribution in [3.05, 3.63) is 56.8 Å². The third kappa shape index (κ3) is 6.62. The molecule has 2 heterocycles. The highest BCUT2D eigenvalue weighted by molar-refractivity contribution is 14.1. The van der Waals surface area contributed by atoms with Crippen LogP contribution >= 0.6 is 46.4 Å². The Morgan fingerprint density at radius 1 is 1.12 bits per heavy atom. The third-order valence-corrected chi connectivity index (χ3v) is 7.60. The summed E-state index contributed by atoms with van der Waals surface area (Å²) in [6.45, 7) is 5.85. The summed E-state index contributed by atoms with van der Waals surface area (Å²) < 4.78 is 6.99. The Labute approximate surface area is 220 Å². The molecule has 2 aromatic carbocycles. The van der Waals surface area contributed by atoms with Crippen LogP contribution in [0.4, 0.5) is 11.4 Å². The van der Waals surface area contributed by atoms with Gasteiger partial charge in [0.25, 0.3) is 0 Å². The molecule has 0 bridgehead atoms. The molecule has 0 saturated carbocycles. The number of furan rings is 1. The molecule has 3 aromatic rings. The van der Waals surface area contributed by atoms with Gasteiger partial charge in [-0.1, -0.05) is 37.8 Å². The van der Waals surface area contributed by atoms with Crippen LogP contribution in [-0.2, 0) is 0 Å². The van der Waals surface area contributed by atoms with Gasteiger partial charge in [-0.3, -0.25) is 0 Å². The van der Waals surface area contributed by atoms with Gasteiger partial charge in [0.05, 0.1) is 17.0 Å². The second-order valence-corrected chi connectivity index (χ2v) is 10.8. The highest BCUT2D eigenvalue weighted by Crippen LogP contribution is 2.36. The highest BCUT2D eigenvalue weighted by atomic mass is 127. The Balaban J connectivity index is 1.38. The van der Waals surface area contributed by atoms with Gasteiger partial charge in [0.2, 0.25) is 0 Å². The minimum Gasteiger partial charge on any atom is -0.464 e. The van der Waals surface area contributed by atoms with Gasteiger partial charge in [0.1, 0.15) is 5.58 Å². The van der Waals surface area contributed by atoms with Crippen molar-refractivity contribution < 1.29 is 4.42 Å². The van der Waals surface area contributed by atoms with Crippen LogP contribution in [0.15, 0.2) is 47.1 Å². The zero-order chi connectivity index (χ0) is 23.2. The first kappa shape index (κ1) is 24.8. The van der Waals surface area contributed by atoms with Crippen molar-refractivity contribution in [1.82, 2.24) is 4.90 Å². The number of halogens is 2. The smallest absolute Gasteiger partial charge is 0.175 e. The van der Waals surface area contributed by atoms with Crippen LogP contribution in [0, 0.1) is 3.57 Å². The number of unbranched alkanes of at least 4 members (excludes halogenated alkanes) is 3. The number of hydrogen-bond acceptors (Lipinski definition) is 3. The summed E-state index contributed by atoms with van der Waals surface area (Å²) in [5.41, 5.74) is 3.99. The summed E-state index contributed by atoms with van der Waals surface area (Å²) in [5, 5.41) is 8.84. The molecular weight excluding hydrogens is 565 g/mol. The third-order valence-electron chi connectivity index (χ3n) is 6.39. The van der Waals surface area contributed by atoms with Crippen molar-refractivity contribution in [2.24, 2.45) is 0 Å². The van der Waals surface area contributed by atoms with Gasteiger partial charge in [-0.15, -0.1) is 0 Å². The van der Waals surface area contributed by atoms with E-state index in [0.717, 1.165) is 20.5 Å². The van der Waals surface area contributed by atoms with Gasteiger partial charge in [-0.2, -0.15) is 0 Å². The summed E-state index contributed by atoms with van der Waals surface area (Å²) in [6, 6.07) is 12.0. The van der Waals surface area contributed by atoms with E-state index in [2.05, 4.69) is 51.1 Å². The molecule has 176 valence electrons. The molecule has 4 nitrogen and oxygen atoms in total. The summed E-state index contributed by atoms with van der Waals surface area (Å²) in [4.78, 5) is 2.63. The fraction of sp³-hybridized carbons (Fsp3) is 0.423. The first-order valence-electron chi connectivity index (χ1n) is 11.8. The molecule has 2 N–H and O–H groups in total. The fourth-order valence-corrected chi connectivity index (χ4v) is 5.43. The summed E-state index contributed by atoms with van der Waals surface area (Å²) in [7, 11) is 0. The van der Waals surface area contributed by atoms with E-state index in [1.54, 1.807) is 0 Å². The van der Waals surface area contributed by atoms with Crippen LogP contribution in [0.1, 0.15) is 56.9 Å². The second kappa shape index (κ2) is 11.9. The molecule has 0 unspecified atom stereocenters. The van der Waals surface area contributed by atoms with E-state index in [0.29, 0.717) is 16.1 Å². The minimum atomic E-state index is 0.514. The van der Waals surface area contributed by atoms with Crippen LogP contribution < -0.4 is 10.6 Å². The van der Waals surface area contributed by atoms with Crippen molar-refractivity contribution in [3.8, 4) is 0 Å². The molecule has 1 aliphatic rings. The highest BCUT2D eigenvalue weighted by Gasteiger charge is 2.23. The molecule has 1 aromatic heterocycles. The number of benzene rings is 2. The maximum atomic E-state index is 6.30. The summed E-state index contributed by atoms with van der Waals surface area (Å²) >= 11 is 14.1. The number of piperidine rings is 1. The van der Waals surface area contributed by atoms with Crippen molar-refractivity contribution >= 4 is 73.9 Å². The van der Waals surface area contributed by atoms with E-state index in [4.69, 9.17) is 28.2 Å². The molecule has 4 rings (SSSR count). The normalized spacial score (nSPS) is 15.1. The van der Waals surface area contributed by atoms with Gasteiger partial charge in [0, 0.05) is 20.2 Å². The van der Waals surface area contributed by atoms with Gasteiger partial charge in [0.15, 0.2) is 5.11 Å². The Bertz CT molecular complexity index is 1090. The maximum absolute atomic E-state index is 6.30. The first-order chi connectivity index (χ1) is 16.0. The van der Waals surface area contributed by atoms with Gasteiger partial charge >= 0.3 is 0 Å². The molecule has 0 aliphatic carbocycles. The number of nitrogens with one attached hydrogen (secondary N) is 2. The Kier molecular flexibility index (Phi) is 8.91. The SMILES string of the molecule is CCCCCCN1CCC(c2coc3ccc(NC(=S)Nc4cc(I)ccc4Cl)cc23)CC1. The molecule has 1 fully saturated rings. The predicted octanol–water partition coefficient (Wildman–Crippen LogP) is 8.26. The lowest BCUT2D eigenvalue weighted by molar-refractivity contribution is 0.208. The van der Waals surface area contributed by atoms with E-state index in [9.17, 15) is 0 Å². The van der Waals surface area contributed by atoms with E-state index in [1.165, 1.54) is 69.1 Å². The Morgan fingerprint density at radius 2 is 1.94 bits per heavy atom. The van der Waals surface area contributed by atoms with Crippen LogP contribution in [0.25, 0.3) is 11.0 Å². The lowest BCUT2D eigenvalue weighted by Gasteiger charge is -2.31. The monoisotopic (exact) mass is 595 g/mol. The van der Waals surface area contributed by atoms with Crippen LogP contribution in [0.3, 0.4) is 0 Å². The fourth-order valence-electron chi connectivity index (χ4n) is 4.55. The van der Waals surface area contributed by atoms with Crippen molar-refractivity contribution in [2.45, 2.75) is 51.4 Å². The quantitative estimate of drug-likeness (QED) is 0.156. The number of fused-ring (bicyclic) bond motifs is 1. The first-order valence-corrected chi connectivity index (χ1v) is 13.7. The van der Waals surface area contributed by atoms with Crippen molar-refractivity contribution in [1.29, 1.82) is 0 Å². The molecule has 0 atom stereocenters. The standard InChI is InChI=1S/C26H31ClIN3OS/c1-2-3-4-5-12-31-13-10-18(11-14-31)22-17-32-25-9-7-20(16-21(22)25)29-26(33)30-24-15-19(28)6-8-23(24)27/h6-9,15-18H,2-5,10-14H2,1H3,(H2,29,30,33). The number of likely N-dealkylation sites (tertiary alicyclic amines) is 1. The molecule has 7 heteroatoms. The van der Waals surface area contributed by atoms with Crippen LogP contribution in [-0.4, -0.2) is 29.6 Å². The Morgan fingerprint density at radius 3 is 2.73 bits per heavy atom. The maximum Gasteiger partial charge on any atom is 0.175 e. The topological polar surface area (TPSA) is 40.4 Å². The zero-order valence-corrected chi connectivity index (χ0v) is 22.7. The van der Waals surface area contributed by atoms with Gasteiger partial charge in [-0.25, -0.2) is 0 Å². The molecular formula is C26H31ClIN3OS. The molecule has 1 aliphatic heterocycles. The lowest BCUT2D eigenvalue weighted by Crippen LogP contribution is -2.33. The average molecular weight is 596 g/mol. The number of rotatable bonds is 8. The Hall–Kier alpha value is -1.35. The lowest BCUT2D eigenvalue weighted by atomic mass is 9.89. The zero-order valence-electron chi connectivity index (χ0n) is 19.0. The number of hydrogen-bond donors (Lipinski definition) is 2. The van der Waals surface area contributed by atoms with E-state index in [1.807, 2.05) is 36.6 Å². The second-order valence-electron chi connectivity index (χ2n) is 8.78. The van der Waals surface area contributed by atoms with E-state index < -0.39 is 0 Å². The van der Waals surface area contributed by atoms with Crippen molar-refractivity contribution in [2.75, 3.05) is 30.3 Å². The van der Waals surface area contributed by atoms with E-state index in [-0.39, 0.29) is 0 Å². The molecule has 1 saturated heterocycles. The number of anilines is 2. The van der Waals surface area contributed by atoms with Crippen LogP contribution in [0.5, 0.6) is 0 Å². The molecule has 0 radical (unpaired) electrons. The predicted molar refractivity (Wildman–Crippen MR) is 153 cm³/mol. The van der Waals surface area contributed by atoms with Gasteiger partial charge in [-0.05, 0) is 116 Å². The summed E-state index contributed by atoms with van der Waals surface area (Å²) in [6.07, 6.45) is 9.65. The average Bonchev–Trinajstić information content (AvgIpc) is 3.23. The van der Waals surface area contributed by atoms with E-state index >= 15 is 0 Å². The largest absolute Gasteiger partial charge is 0.464 e. The molecule has 33 heavy (non-hydrogen) atoms. The van der Waals surface area contributed by atoms with Crippen molar-refractivity contribution in [3.63, 3.8) is 0 Å². The molecule has 0 amide bonds. The van der Waals surface area contributed by atoms with Gasteiger partial charge < -0.3 is 20.0 Å². The molecule has 0 spiro atoms. The summed E-state index contributed by atoms with van der Waals surface area (Å²) in [5.74, 6) is 0.545.